The SMILES string of the molecule is CC(C(=O)NC(CN1CCCC1)c1ccc(-c2ccccc2NS(C)(=O)=O)cc1)n1c(=O)cnc2cc(Cl)c(Cl)cc21. The van der Waals surface area contributed by atoms with Crippen molar-refractivity contribution in [3.05, 3.63) is 92.8 Å². The first-order valence-corrected chi connectivity index (χ1v) is 16.2. The normalized spacial score (nSPS) is 15.4. The standard InChI is InChI=1S/C30H31Cl2N5O4S/c1-19(37-28-16-24(32)23(31)15-26(28)33-17-29(37)38)30(39)34-27(18-36-13-5-6-14-36)21-11-9-20(10-12-21)22-7-3-4-8-25(22)35-42(2,40)41/h3-4,7-12,15-17,19,27,35H,5-6,13-14,18H2,1-2H3,(H,34,39). The van der Waals surface area contributed by atoms with Gasteiger partial charge in [-0.1, -0.05) is 65.7 Å². The molecule has 4 aromatic rings. The number of aromatic nitrogens is 2. The molecule has 9 nitrogen and oxygen atoms in total. The Morgan fingerprint density at radius 1 is 1.02 bits per heavy atom. The van der Waals surface area contributed by atoms with E-state index < -0.39 is 21.6 Å². The van der Waals surface area contributed by atoms with E-state index in [1.165, 1.54) is 10.8 Å². The summed E-state index contributed by atoms with van der Waals surface area (Å²) in [5, 5.41) is 3.74. The molecular weight excluding hydrogens is 597 g/mol. The van der Waals surface area contributed by atoms with E-state index in [9.17, 15) is 18.0 Å². The molecule has 5 rings (SSSR count). The largest absolute Gasteiger partial charge is 0.346 e. The van der Waals surface area contributed by atoms with Crippen LogP contribution >= 0.6 is 23.2 Å². The van der Waals surface area contributed by atoms with Crippen molar-refractivity contribution in [1.82, 2.24) is 19.8 Å². The average Bonchev–Trinajstić information content (AvgIpc) is 3.46. The molecule has 2 unspecified atom stereocenters. The van der Waals surface area contributed by atoms with Crippen molar-refractivity contribution in [1.29, 1.82) is 0 Å². The molecule has 1 aromatic heterocycles. The number of amides is 1. The van der Waals surface area contributed by atoms with Gasteiger partial charge >= 0.3 is 0 Å². The highest BCUT2D eigenvalue weighted by Gasteiger charge is 2.25. The van der Waals surface area contributed by atoms with Gasteiger partial charge in [0.25, 0.3) is 5.56 Å². The summed E-state index contributed by atoms with van der Waals surface area (Å²) >= 11 is 12.4. The maximum Gasteiger partial charge on any atom is 0.270 e. The van der Waals surface area contributed by atoms with Gasteiger partial charge in [0.1, 0.15) is 6.04 Å². The highest BCUT2D eigenvalue weighted by Crippen LogP contribution is 2.31. The van der Waals surface area contributed by atoms with E-state index in [-0.39, 0.29) is 17.0 Å². The van der Waals surface area contributed by atoms with E-state index in [1.54, 1.807) is 31.2 Å². The molecule has 0 radical (unpaired) electrons. The molecule has 2 heterocycles. The Kier molecular flexibility index (Phi) is 8.89. The first kappa shape index (κ1) is 30.0. The van der Waals surface area contributed by atoms with Gasteiger partial charge in [-0.3, -0.25) is 18.9 Å². The van der Waals surface area contributed by atoms with E-state index in [4.69, 9.17) is 23.2 Å². The zero-order valence-corrected chi connectivity index (χ0v) is 25.5. The maximum absolute atomic E-state index is 13.7. The van der Waals surface area contributed by atoms with Gasteiger partial charge in [-0.05, 0) is 62.2 Å². The number of hydrogen-bond acceptors (Lipinski definition) is 6. The zero-order chi connectivity index (χ0) is 30.0. The molecule has 0 bridgehead atoms. The van der Waals surface area contributed by atoms with E-state index in [0.29, 0.717) is 28.3 Å². The van der Waals surface area contributed by atoms with Crippen LogP contribution in [0.3, 0.4) is 0 Å². The minimum absolute atomic E-state index is 0.262. The number of sulfonamides is 1. The van der Waals surface area contributed by atoms with Crippen LogP contribution in [-0.2, 0) is 14.8 Å². The summed E-state index contributed by atoms with van der Waals surface area (Å²) in [5.41, 5.74) is 3.40. The number of para-hydroxylation sites is 1. The number of halogens is 2. The van der Waals surface area contributed by atoms with Gasteiger partial charge in [0.2, 0.25) is 15.9 Å². The second kappa shape index (κ2) is 12.4. The lowest BCUT2D eigenvalue weighted by Gasteiger charge is -2.27. The monoisotopic (exact) mass is 627 g/mol. The molecule has 12 heteroatoms. The smallest absolute Gasteiger partial charge is 0.270 e. The molecule has 42 heavy (non-hydrogen) atoms. The Morgan fingerprint density at radius 2 is 1.69 bits per heavy atom. The van der Waals surface area contributed by atoms with E-state index in [1.807, 2.05) is 36.4 Å². The van der Waals surface area contributed by atoms with Crippen LogP contribution in [0.4, 0.5) is 5.69 Å². The summed E-state index contributed by atoms with van der Waals surface area (Å²) in [6, 6.07) is 16.8. The highest BCUT2D eigenvalue weighted by molar-refractivity contribution is 7.92. The molecule has 1 amide bonds. The predicted molar refractivity (Wildman–Crippen MR) is 168 cm³/mol. The quantitative estimate of drug-likeness (QED) is 0.262. The number of carbonyl (C=O) groups excluding carboxylic acids is 1. The minimum Gasteiger partial charge on any atom is -0.346 e. The van der Waals surface area contributed by atoms with Crippen LogP contribution in [0.25, 0.3) is 22.2 Å². The van der Waals surface area contributed by atoms with E-state index >= 15 is 0 Å². The fourth-order valence-corrected chi connectivity index (χ4v) is 6.21. The number of rotatable bonds is 9. The molecule has 2 N–H and O–H groups in total. The van der Waals surface area contributed by atoms with E-state index in [0.717, 1.165) is 48.9 Å². The number of fused-ring (bicyclic) bond motifs is 1. The lowest BCUT2D eigenvalue weighted by atomic mass is 9.99. The number of likely N-dealkylation sites (tertiary alicyclic amines) is 1. The summed E-state index contributed by atoms with van der Waals surface area (Å²) in [7, 11) is -3.45. The van der Waals surface area contributed by atoms with Gasteiger partial charge in [-0.25, -0.2) is 13.4 Å². The third kappa shape index (κ3) is 6.78. The highest BCUT2D eigenvalue weighted by atomic mass is 35.5. The summed E-state index contributed by atoms with van der Waals surface area (Å²) in [4.78, 5) is 33.0. The third-order valence-electron chi connectivity index (χ3n) is 7.40. The first-order valence-electron chi connectivity index (χ1n) is 13.6. The maximum atomic E-state index is 13.7. The first-order chi connectivity index (χ1) is 20.0. The van der Waals surface area contributed by atoms with Crippen LogP contribution in [0.1, 0.15) is 37.4 Å². The number of hydrogen-bond donors (Lipinski definition) is 2. The number of nitrogens with one attached hydrogen (secondary N) is 2. The molecule has 1 saturated heterocycles. The van der Waals surface area contributed by atoms with Crippen LogP contribution in [0, 0.1) is 0 Å². The zero-order valence-electron chi connectivity index (χ0n) is 23.2. The molecule has 1 aliphatic rings. The molecule has 2 atom stereocenters. The molecular formula is C30H31Cl2N5O4S. The molecule has 1 aliphatic heterocycles. The molecule has 0 spiro atoms. The number of anilines is 1. The van der Waals surface area contributed by atoms with Crippen LogP contribution in [-0.4, -0.2) is 54.7 Å². The van der Waals surface area contributed by atoms with Crippen LogP contribution in [0.15, 0.2) is 71.7 Å². The number of carbonyl (C=O) groups is 1. The Balaban J connectivity index is 1.44. The second-order valence-corrected chi connectivity index (χ2v) is 13.1. The fraction of sp³-hybridized carbons (Fsp3) is 0.300. The fourth-order valence-electron chi connectivity index (χ4n) is 5.31. The topological polar surface area (TPSA) is 113 Å². The number of nitrogens with zero attached hydrogens (tertiary/aromatic N) is 3. The summed E-state index contributed by atoms with van der Waals surface area (Å²) in [5.74, 6) is -0.327. The Morgan fingerprint density at radius 3 is 2.38 bits per heavy atom. The van der Waals surface area contributed by atoms with Gasteiger partial charge in [0, 0.05) is 12.1 Å². The lowest BCUT2D eigenvalue weighted by molar-refractivity contribution is -0.124. The minimum atomic E-state index is -3.45. The summed E-state index contributed by atoms with van der Waals surface area (Å²) in [6.45, 7) is 4.16. The van der Waals surface area contributed by atoms with Crippen LogP contribution in [0.2, 0.25) is 10.0 Å². The van der Waals surface area contributed by atoms with Crippen LogP contribution in [0.5, 0.6) is 0 Å². The summed E-state index contributed by atoms with van der Waals surface area (Å²) < 4.78 is 27.7. The third-order valence-corrected chi connectivity index (χ3v) is 8.71. The van der Waals surface area contributed by atoms with Crippen LogP contribution < -0.4 is 15.6 Å². The van der Waals surface area contributed by atoms with Crippen molar-refractivity contribution in [2.75, 3.05) is 30.6 Å². The van der Waals surface area contributed by atoms with Gasteiger partial charge < -0.3 is 10.2 Å². The molecule has 1 fully saturated rings. The summed E-state index contributed by atoms with van der Waals surface area (Å²) in [6.07, 6.45) is 4.49. The van der Waals surface area contributed by atoms with E-state index in [2.05, 4.69) is 19.9 Å². The van der Waals surface area contributed by atoms with Crippen molar-refractivity contribution >= 4 is 55.9 Å². The van der Waals surface area contributed by atoms with Crippen molar-refractivity contribution in [3.8, 4) is 11.1 Å². The van der Waals surface area contributed by atoms with Crippen molar-refractivity contribution in [3.63, 3.8) is 0 Å². The number of benzene rings is 3. The Labute approximate surface area is 254 Å². The Hall–Kier alpha value is -3.44. The van der Waals surface area contributed by atoms with Gasteiger partial charge in [-0.15, -0.1) is 0 Å². The lowest BCUT2D eigenvalue weighted by Crippen LogP contribution is -2.41. The second-order valence-electron chi connectivity index (χ2n) is 10.5. The molecule has 0 aliphatic carbocycles. The molecule has 3 aromatic carbocycles. The van der Waals surface area contributed by atoms with Crippen molar-refractivity contribution in [2.24, 2.45) is 0 Å². The van der Waals surface area contributed by atoms with Crippen molar-refractivity contribution in [2.45, 2.75) is 31.8 Å². The van der Waals surface area contributed by atoms with Crippen molar-refractivity contribution < 1.29 is 13.2 Å². The molecule has 220 valence electrons. The van der Waals surface area contributed by atoms with Gasteiger partial charge in [0.15, 0.2) is 0 Å². The predicted octanol–water partition coefficient (Wildman–Crippen LogP) is 5.26. The Bertz CT molecular complexity index is 1790. The van der Waals surface area contributed by atoms with Gasteiger partial charge in [-0.2, -0.15) is 0 Å². The van der Waals surface area contributed by atoms with Gasteiger partial charge in [0.05, 0.1) is 45.3 Å². The average molecular weight is 629 g/mol. The molecule has 0 saturated carbocycles.